The van der Waals surface area contributed by atoms with Crippen LogP contribution in [0.3, 0.4) is 0 Å². The summed E-state index contributed by atoms with van der Waals surface area (Å²) in [5, 5.41) is 15.6. The molecule has 1 heterocycles. The molecule has 0 saturated carbocycles. The third-order valence-electron chi connectivity index (χ3n) is 4.30. The quantitative estimate of drug-likeness (QED) is 0.518. The van der Waals surface area contributed by atoms with E-state index in [4.69, 9.17) is 5.10 Å². The molecule has 0 fully saturated rings. The molecular weight excluding hydrogens is 308 g/mol. The number of hydrogen-bond donors (Lipinski definition) is 1. The van der Waals surface area contributed by atoms with E-state index < -0.39 is 0 Å². The van der Waals surface area contributed by atoms with Crippen molar-refractivity contribution >= 4 is 16.7 Å². The molecule has 25 heavy (non-hydrogen) atoms. The number of nitrogens with zero attached hydrogens (tertiary/aromatic N) is 2. The summed E-state index contributed by atoms with van der Waals surface area (Å²) in [5.41, 5.74) is 4.89. The van der Waals surface area contributed by atoms with Crippen molar-refractivity contribution in [3.8, 4) is 11.3 Å². The van der Waals surface area contributed by atoms with E-state index in [2.05, 4.69) is 30.8 Å². The molecule has 0 bridgehead atoms. The molecule has 3 heteroatoms. The fourth-order valence-electron chi connectivity index (χ4n) is 3.06. The van der Waals surface area contributed by atoms with Gasteiger partial charge in [0.2, 0.25) is 0 Å². The monoisotopic (exact) mass is 326 g/mol. The molecule has 1 aromatic heterocycles. The van der Waals surface area contributed by atoms with Crippen LogP contribution in [0.5, 0.6) is 0 Å². The number of hydrogen-bond acceptors (Lipinski definition) is 2. The zero-order chi connectivity index (χ0) is 17.2. The third kappa shape index (κ3) is 2.92. The van der Waals surface area contributed by atoms with Crippen LogP contribution in [0, 0.1) is 0 Å². The zero-order valence-electron chi connectivity index (χ0n) is 13.8. The van der Waals surface area contributed by atoms with E-state index in [1.807, 2.05) is 59.3 Å². The van der Waals surface area contributed by atoms with Crippen molar-refractivity contribution < 1.29 is 5.11 Å². The maximum absolute atomic E-state index is 9.69. The number of fused-ring (bicyclic) bond motifs is 1. The first-order valence-corrected chi connectivity index (χ1v) is 8.20. The van der Waals surface area contributed by atoms with Gasteiger partial charge in [0, 0.05) is 16.5 Å². The topological polar surface area (TPSA) is 38.1 Å². The minimum Gasteiger partial charge on any atom is -0.508 e. The minimum atomic E-state index is 0.0647. The van der Waals surface area contributed by atoms with Crippen molar-refractivity contribution in [1.29, 1.82) is 0 Å². The lowest BCUT2D eigenvalue weighted by Crippen LogP contribution is -2.01. The highest BCUT2D eigenvalue weighted by atomic mass is 16.3. The minimum absolute atomic E-state index is 0.0647. The summed E-state index contributed by atoms with van der Waals surface area (Å²) in [6, 6.07) is 26.2. The van der Waals surface area contributed by atoms with Gasteiger partial charge in [-0.15, -0.1) is 0 Å². The first-order valence-electron chi connectivity index (χ1n) is 8.20. The highest BCUT2D eigenvalue weighted by Crippen LogP contribution is 2.29. The molecule has 3 nitrogen and oxygen atoms in total. The Morgan fingerprint density at radius 2 is 1.68 bits per heavy atom. The van der Waals surface area contributed by atoms with E-state index in [1.54, 1.807) is 0 Å². The van der Waals surface area contributed by atoms with Gasteiger partial charge in [-0.2, -0.15) is 5.10 Å². The lowest BCUT2D eigenvalue weighted by atomic mass is 10.0. The normalized spacial score (nSPS) is 10.9. The molecule has 0 aliphatic heterocycles. The highest BCUT2D eigenvalue weighted by Gasteiger charge is 2.13. The molecule has 3 aromatic carbocycles. The fraction of sp³-hybridized carbons (Fsp3) is 0.0455. The summed E-state index contributed by atoms with van der Waals surface area (Å²) in [4.78, 5) is 0. The molecular formula is C22H18N2O. The van der Waals surface area contributed by atoms with Crippen LogP contribution in [0.25, 0.3) is 27.9 Å². The van der Waals surface area contributed by atoms with Crippen molar-refractivity contribution in [2.24, 2.45) is 0 Å². The first-order chi connectivity index (χ1) is 12.2. The second-order valence-electron chi connectivity index (χ2n) is 6.04. The van der Waals surface area contributed by atoms with Crippen molar-refractivity contribution in [2.75, 3.05) is 0 Å². The van der Waals surface area contributed by atoms with Crippen LogP contribution in [0.4, 0.5) is 0 Å². The Balaban J connectivity index is 1.85. The maximum Gasteiger partial charge on any atom is 0.115 e. The van der Waals surface area contributed by atoms with E-state index >= 15 is 0 Å². The average Bonchev–Trinajstić information content (AvgIpc) is 3.01. The Labute approximate surface area is 146 Å². The summed E-state index contributed by atoms with van der Waals surface area (Å²) >= 11 is 0. The van der Waals surface area contributed by atoms with Gasteiger partial charge in [0.1, 0.15) is 11.5 Å². The van der Waals surface area contributed by atoms with Crippen LogP contribution in [-0.2, 0) is 6.54 Å². The van der Waals surface area contributed by atoms with Gasteiger partial charge >= 0.3 is 0 Å². The molecule has 0 radical (unpaired) electrons. The Kier molecular flexibility index (Phi) is 3.82. The van der Waals surface area contributed by atoms with Crippen molar-refractivity contribution in [3.05, 3.63) is 96.6 Å². The Morgan fingerprint density at radius 3 is 2.48 bits per heavy atom. The molecule has 0 aliphatic rings. The number of aromatic nitrogens is 2. The van der Waals surface area contributed by atoms with E-state index in [0.29, 0.717) is 12.1 Å². The van der Waals surface area contributed by atoms with Crippen LogP contribution in [-0.4, -0.2) is 14.9 Å². The molecule has 122 valence electrons. The van der Waals surface area contributed by atoms with Crippen molar-refractivity contribution in [3.63, 3.8) is 0 Å². The molecule has 4 aromatic rings. The molecule has 0 amide bonds. The van der Waals surface area contributed by atoms with Crippen LogP contribution in [0.15, 0.2) is 85.4 Å². The van der Waals surface area contributed by atoms with Gasteiger partial charge in [-0.1, -0.05) is 73.3 Å². The molecule has 0 unspecified atom stereocenters. The van der Waals surface area contributed by atoms with Crippen LogP contribution >= 0.6 is 0 Å². The van der Waals surface area contributed by atoms with Gasteiger partial charge < -0.3 is 5.11 Å². The largest absolute Gasteiger partial charge is 0.508 e. The number of rotatable bonds is 4. The van der Waals surface area contributed by atoms with Gasteiger partial charge in [-0.25, -0.2) is 0 Å². The molecule has 0 spiro atoms. The van der Waals surface area contributed by atoms with Crippen LogP contribution in [0.2, 0.25) is 0 Å². The van der Waals surface area contributed by atoms with E-state index in [-0.39, 0.29) is 5.76 Å². The lowest BCUT2D eigenvalue weighted by molar-refractivity contribution is 0.514. The molecule has 0 saturated heterocycles. The molecule has 0 aliphatic carbocycles. The first kappa shape index (κ1) is 15.2. The predicted octanol–water partition coefficient (Wildman–Crippen LogP) is 5.28. The molecule has 1 N–H and O–H groups in total. The number of benzene rings is 3. The third-order valence-corrected chi connectivity index (χ3v) is 4.30. The Morgan fingerprint density at radius 1 is 0.920 bits per heavy atom. The number of aliphatic hydroxyl groups excluding tert-OH is 1. The van der Waals surface area contributed by atoms with E-state index in [1.165, 1.54) is 5.56 Å². The van der Waals surface area contributed by atoms with Gasteiger partial charge in [0.05, 0.1) is 12.1 Å². The summed E-state index contributed by atoms with van der Waals surface area (Å²) in [6.07, 6.45) is 0. The summed E-state index contributed by atoms with van der Waals surface area (Å²) in [5.74, 6) is 0.0647. The summed E-state index contributed by atoms with van der Waals surface area (Å²) < 4.78 is 2.03. The Bertz CT molecular complexity index is 1050. The van der Waals surface area contributed by atoms with Crippen molar-refractivity contribution in [1.82, 2.24) is 9.78 Å². The second kappa shape index (κ2) is 6.29. The van der Waals surface area contributed by atoms with Crippen molar-refractivity contribution in [2.45, 2.75) is 6.54 Å². The van der Waals surface area contributed by atoms with E-state index in [9.17, 15) is 5.11 Å². The smallest absolute Gasteiger partial charge is 0.115 e. The number of para-hydroxylation sites is 1. The average molecular weight is 326 g/mol. The molecule has 0 atom stereocenters. The SMILES string of the molecule is C=C(O)c1cccc(-c2nn(Cc3ccccc3)c3ccccc23)c1. The summed E-state index contributed by atoms with van der Waals surface area (Å²) in [6.45, 7) is 4.33. The molecule has 4 rings (SSSR count). The van der Waals surface area contributed by atoms with Crippen LogP contribution < -0.4 is 0 Å². The van der Waals surface area contributed by atoms with Crippen LogP contribution in [0.1, 0.15) is 11.1 Å². The second-order valence-corrected chi connectivity index (χ2v) is 6.04. The van der Waals surface area contributed by atoms with Gasteiger partial charge in [-0.05, 0) is 17.7 Å². The maximum atomic E-state index is 9.69. The highest BCUT2D eigenvalue weighted by molar-refractivity contribution is 5.93. The zero-order valence-corrected chi connectivity index (χ0v) is 13.8. The summed E-state index contributed by atoms with van der Waals surface area (Å²) in [7, 11) is 0. The fourth-order valence-corrected chi connectivity index (χ4v) is 3.06. The number of aliphatic hydroxyl groups is 1. The predicted molar refractivity (Wildman–Crippen MR) is 102 cm³/mol. The van der Waals surface area contributed by atoms with Gasteiger partial charge in [0.25, 0.3) is 0 Å². The van der Waals surface area contributed by atoms with Gasteiger partial charge in [0.15, 0.2) is 0 Å². The standard InChI is InChI=1S/C22H18N2O/c1-16(25)18-10-7-11-19(14-18)22-20-12-5-6-13-21(20)24(23-22)15-17-8-3-2-4-9-17/h2-14,25H,1,15H2. The van der Waals surface area contributed by atoms with E-state index in [0.717, 1.165) is 22.2 Å². The Hall–Kier alpha value is -3.33. The van der Waals surface area contributed by atoms with Gasteiger partial charge in [-0.3, -0.25) is 4.68 Å². The lowest BCUT2D eigenvalue weighted by Gasteiger charge is -2.03.